The first-order valence-electron chi connectivity index (χ1n) is 1.91. The van der Waals surface area contributed by atoms with E-state index in [1.807, 2.05) is 11.5 Å². The molecule has 0 aromatic heterocycles. The van der Waals surface area contributed by atoms with E-state index in [4.69, 9.17) is 23.2 Å². The van der Waals surface area contributed by atoms with E-state index in [1.165, 1.54) is 11.8 Å². The second-order valence-electron chi connectivity index (χ2n) is 1.33. The SMILES string of the molecule is ClC1(Cl)CC=CS1. The van der Waals surface area contributed by atoms with Gasteiger partial charge in [-0.2, -0.15) is 0 Å². The lowest BCUT2D eigenvalue weighted by molar-refractivity contribution is 1.12. The maximum absolute atomic E-state index is 5.63. The Morgan fingerprint density at radius 3 is 2.43 bits per heavy atom. The van der Waals surface area contributed by atoms with Crippen LogP contribution in [0.4, 0.5) is 0 Å². The lowest BCUT2D eigenvalue weighted by Gasteiger charge is -2.06. The molecule has 0 atom stereocenters. The van der Waals surface area contributed by atoms with Gasteiger partial charge in [0.15, 0.2) is 3.67 Å². The highest BCUT2D eigenvalue weighted by atomic mass is 35.5. The first-order chi connectivity index (χ1) is 3.21. The van der Waals surface area contributed by atoms with Gasteiger partial charge in [-0.25, -0.2) is 0 Å². The summed E-state index contributed by atoms with van der Waals surface area (Å²) in [7, 11) is 0. The van der Waals surface area contributed by atoms with Gasteiger partial charge in [0, 0.05) is 6.42 Å². The third-order valence-corrected chi connectivity index (χ3v) is 2.38. The van der Waals surface area contributed by atoms with Gasteiger partial charge >= 0.3 is 0 Å². The second-order valence-corrected chi connectivity index (χ2v) is 4.47. The van der Waals surface area contributed by atoms with Crippen LogP contribution in [0.25, 0.3) is 0 Å². The Morgan fingerprint density at radius 1 is 1.57 bits per heavy atom. The van der Waals surface area contributed by atoms with Crippen molar-refractivity contribution in [2.75, 3.05) is 0 Å². The molecule has 7 heavy (non-hydrogen) atoms. The van der Waals surface area contributed by atoms with Gasteiger partial charge in [0.2, 0.25) is 0 Å². The Bertz CT molecular complexity index is 87.9. The molecule has 0 spiro atoms. The quantitative estimate of drug-likeness (QED) is 0.484. The molecule has 0 amide bonds. The summed E-state index contributed by atoms with van der Waals surface area (Å²) in [6.45, 7) is 0. The number of allylic oxidation sites excluding steroid dienone is 1. The first kappa shape index (κ1) is 5.80. The first-order valence-corrected chi connectivity index (χ1v) is 3.55. The Hall–Kier alpha value is 0.670. The summed E-state index contributed by atoms with van der Waals surface area (Å²) in [5.74, 6) is 0. The van der Waals surface area contributed by atoms with Gasteiger partial charge in [0.25, 0.3) is 0 Å². The summed E-state index contributed by atoms with van der Waals surface area (Å²) >= 11 is 12.7. The van der Waals surface area contributed by atoms with E-state index in [2.05, 4.69) is 0 Å². The zero-order valence-electron chi connectivity index (χ0n) is 3.53. The molecule has 0 saturated carbocycles. The fraction of sp³-hybridized carbons (Fsp3) is 0.500. The highest BCUT2D eigenvalue weighted by Crippen LogP contribution is 2.43. The predicted octanol–water partition coefficient (Wildman–Crippen LogP) is 2.77. The average molecular weight is 155 g/mol. The topological polar surface area (TPSA) is 0 Å². The molecule has 0 aromatic carbocycles. The van der Waals surface area contributed by atoms with E-state index in [-0.39, 0.29) is 0 Å². The maximum Gasteiger partial charge on any atom is 0.170 e. The molecule has 1 rings (SSSR count). The van der Waals surface area contributed by atoms with Crippen LogP contribution in [0.3, 0.4) is 0 Å². The van der Waals surface area contributed by atoms with Gasteiger partial charge in [-0.15, -0.1) is 0 Å². The van der Waals surface area contributed by atoms with E-state index in [0.717, 1.165) is 6.42 Å². The minimum atomic E-state index is -0.556. The summed E-state index contributed by atoms with van der Waals surface area (Å²) in [6.07, 6.45) is 2.73. The van der Waals surface area contributed by atoms with Crippen molar-refractivity contribution in [1.29, 1.82) is 0 Å². The molecule has 0 bridgehead atoms. The highest BCUT2D eigenvalue weighted by Gasteiger charge is 2.24. The van der Waals surface area contributed by atoms with Crippen LogP contribution in [0.1, 0.15) is 6.42 Å². The minimum Gasteiger partial charge on any atom is -0.0951 e. The van der Waals surface area contributed by atoms with Gasteiger partial charge in [0.1, 0.15) is 0 Å². The lowest BCUT2D eigenvalue weighted by atomic mass is 10.5. The lowest BCUT2D eigenvalue weighted by Crippen LogP contribution is -1.97. The molecular formula is C4H4Cl2S. The van der Waals surface area contributed by atoms with Crippen LogP contribution in [0.15, 0.2) is 11.5 Å². The van der Waals surface area contributed by atoms with Crippen LogP contribution in [0.2, 0.25) is 0 Å². The van der Waals surface area contributed by atoms with Crippen molar-refractivity contribution >= 4 is 35.0 Å². The molecule has 0 radical (unpaired) electrons. The fourth-order valence-corrected chi connectivity index (χ4v) is 1.45. The fourth-order valence-electron chi connectivity index (χ4n) is 0.381. The van der Waals surface area contributed by atoms with E-state index >= 15 is 0 Å². The Labute approximate surface area is 56.9 Å². The normalized spacial score (nSPS) is 26.0. The molecule has 0 fully saturated rings. The van der Waals surface area contributed by atoms with E-state index < -0.39 is 3.67 Å². The number of alkyl halides is 2. The molecule has 0 saturated heterocycles. The van der Waals surface area contributed by atoms with Crippen LogP contribution < -0.4 is 0 Å². The van der Waals surface area contributed by atoms with Crippen molar-refractivity contribution in [2.24, 2.45) is 0 Å². The number of rotatable bonds is 0. The van der Waals surface area contributed by atoms with Crippen molar-refractivity contribution in [2.45, 2.75) is 10.1 Å². The smallest absolute Gasteiger partial charge is 0.0951 e. The van der Waals surface area contributed by atoms with Crippen LogP contribution in [0, 0.1) is 0 Å². The molecule has 0 aromatic rings. The molecule has 0 unspecified atom stereocenters. The van der Waals surface area contributed by atoms with E-state index in [1.54, 1.807) is 0 Å². The second kappa shape index (κ2) is 1.88. The van der Waals surface area contributed by atoms with E-state index in [9.17, 15) is 0 Å². The molecule has 0 nitrogen and oxygen atoms in total. The number of halogens is 2. The summed E-state index contributed by atoms with van der Waals surface area (Å²) in [5, 5.41) is 1.92. The molecule has 0 aliphatic carbocycles. The molecule has 1 heterocycles. The summed E-state index contributed by atoms with van der Waals surface area (Å²) < 4.78 is -0.556. The van der Waals surface area contributed by atoms with Crippen molar-refractivity contribution in [3.63, 3.8) is 0 Å². The van der Waals surface area contributed by atoms with E-state index in [0.29, 0.717) is 0 Å². The molecular weight excluding hydrogens is 151 g/mol. The number of hydrogen-bond acceptors (Lipinski definition) is 1. The average Bonchev–Trinajstić information content (AvgIpc) is 1.84. The number of thioether (sulfide) groups is 1. The predicted molar refractivity (Wildman–Crippen MR) is 35.8 cm³/mol. The van der Waals surface area contributed by atoms with Crippen LogP contribution in [0.5, 0.6) is 0 Å². The largest absolute Gasteiger partial charge is 0.170 e. The zero-order chi connectivity index (χ0) is 5.33. The standard InChI is InChI=1S/C4H4Cl2S/c5-4(6)2-1-3-7-4/h1,3H,2H2. The van der Waals surface area contributed by atoms with Gasteiger partial charge in [-0.1, -0.05) is 41.0 Å². The van der Waals surface area contributed by atoms with Gasteiger partial charge < -0.3 is 0 Å². The Morgan fingerprint density at radius 2 is 2.29 bits per heavy atom. The van der Waals surface area contributed by atoms with Gasteiger partial charge in [-0.05, 0) is 5.41 Å². The molecule has 3 heteroatoms. The number of hydrogen-bond donors (Lipinski definition) is 0. The van der Waals surface area contributed by atoms with Crippen molar-refractivity contribution < 1.29 is 0 Å². The molecule has 1 aliphatic rings. The molecule has 0 N–H and O–H groups in total. The van der Waals surface area contributed by atoms with Crippen LogP contribution in [-0.4, -0.2) is 3.67 Å². The monoisotopic (exact) mass is 154 g/mol. The van der Waals surface area contributed by atoms with Crippen molar-refractivity contribution in [1.82, 2.24) is 0 Å². The minimum absolute atomic E-state index is 0.556. The molecule has 40 valence electrons. The summed E-state index contributed by atoms with van der Waals surface area (Å²) in [6, 6.07) is 0. The summed E-state index contributed by atoms with van der Waals surface area (Å²) in [5.41, 5.74) is 0. The molecule has 1 aliphatic heterocycles. The Balaban J connectivity index is 2.49. The van der Waals surface area contributed by atoms with Crippen molar-refractivity contribution in [3.8, 4) is 0 Å². The van der Waals surface area contributed by atoms with Crippen molar-refractivity contribution in [3.05, 3.63) is 11.5 Å². The third-order valence-electron chi connectivity index (χ3n) is 0.692. The van der Waals surface area contributed by atoms with Crippen LogP contribution >= 0.6 is 35.0 Å². The van der Waals surface area contributed by atoms with Crippen LogP contribution in [-0.2, 0) is 0 Å². The highest BCUT2D eigenvalue weighted by molar-refractivity contribution is 8.06. The zero-order valence-corrected chi connectivity index (χ0v) is 5.85. The Kier molecular flexibility index (Phi) is 1.56. The van der Waals surface area contributed by atoms with Gasteiger partial charge in [0.05, 0.1) is 0 Å². The summed E-state index contributed by atoms with van der Waals surface area (Å²) in [4.78, 5) is 0. The van der Waals surface area contributed by atoms with Gasteiger partial charge in [-0.3, -0.25) is 0 Å². The maximum atomic E-state index is 5.63. The third kappa shape index (κ3) is 1.56.